The van der Waals surface area contributed by atoms with Crippen molar-refractivity contribution in [2.75, 3.05) is 18.5 Å². The van der Waals surface area contributed by atoms with Crippen LogP contribution in [0.3, 0.4) is 0 Å². The molecule has 0 aliphatic heterocycles. The predicted octanol–water partition coefficient (Wildman–Crippen LogP) is 4.22. The maximum atomic E-state index is 13.3. The Morgan fingerprint density at radius 2 is 1.95 bits per heavy atom. The molecule has 0 bridgehead atoms. The quantitative estimate of drug-likeness (QED) is 0.830. The lowest BCUT2D eigenvalue weighted by atomic mass is 10.3. The number of anilines is 1. The summed E-state index contributed by atoms with van der Waals surface area (Å²) in [6, 6.07) is 10.9. The van der Waals surface area contributed by atoms with Crippen molar-refractivity contribution in [2.24, 2.45) is 0 Å². The standard InChI is InChI=1S/C14H12BrF2NO/c15-10-2-1-3-12(8-10)18-6-7-19-14-5-4-11(16)9-13(14)17/h1-5,8-9,18H,6-7H2. The summed E-state index contributed by atoms with van der Waals surface area (Å²) in [5, 5.41) is 3.14. The molecule has 2 nitrogen and oxygen atoms in total. The summed E-state index contributed by atoms with van der Waals surface area (Å²) in [5.41, 5.74) is 0.942. The number of ether oxygens (including phenoxy) is 1. The summed E-state index contributed by atoms with van der Waals surface area (Å²) in [5.74, 6) is -1.25. The topological polar surface area (TPSA) is 21.3 Å². The number of rotatable bonds is 5. The molecule has 0 saturated heterocycles. The Morgan fingerprint density at radius 3 is 2.68 bits per heavy atom. The van der Waals surface area contributed by atoms with Gasteiger partial charge in [-0.05, 0) is 30.3 Å². The van der Waals surface area contributed by atoms with Crippen molar-refractivity contribution in [1.82, 2.24) is 0 Å². The van der Waals surface area contributed by atoms with Gasteiger partial charge in [-0.1, -0.05) is 22.0 Å². The molecule has 2 rings (SSSR count). The molecule has 0 aliphatic carbocycles. The van der Waals surface area contributed by atoms with E-state index >= 15 is 0 Å². The van der Waals surface area contributed by atoms with E-state index in [0.717, 1.165) is 16.2 Å². The summed E-state index contributed by atoms with van der Waals surface area (Å²) >= 11 is 3.37. The highest BCUT2D eigenvalue weighted by Gasteiger charge is 2.04. The number of nitrogens with one attached hydrogen (secondary N) is 1. The van der Waals surface area contributed by atoms with Crippen molar-refractivity contribution in [3.8, 4) is 5.75 Å². The van der Waals surface area contributed by atoms with Crippen LogP contribution in [0.15, 0.2) is 46.9 Å². The van der Waals surface area contributed by atoms with E-state index in [1.54, 1.807) is 0 Å². The van der Waals surface area contributed by atoms with Crippen LogP contribution in [0.25, 0.3) is 0 Å². The number of hydrogen-bond acceptors (Lipinski definition) is 2. The van der Waals surface area contributed by atoms with Gasteiger partial charge in [-0.15, -0.1) is 0 Å². The van der Waals surface area contributed by atoms with Gasteiger partial charge >= 0.3 is 0 Å². The Kier molecular flexibility index (Phi) is 4.74. The lowest BCUT2D eigenvalue weighted by Crippen LogP contribution is -2.12. The fourth-order valence-corrected chi connectivity index (χ4v) is 1.95. The first-order chi connectivity index (χ1) is 9.15. The van der Waals surface area contributed by atoms with Crippen molar-refractivity contribution in [1.29, 1.82) is 0 Å². The van der Waals surface area contributed by atoms with Gasteiger partial charge < -0.3 is 10.1 Å². The molecule has 0 heterocycles. The van der Waals surface area contributed by atoms with Crippen LogP contribution < -0.4 is 10.1 Å². The predicted molar refractivity (Wildman–Crippen MR) is 74.5 cm³/mol. The zero-order valence-electron chi connectivity index (χ0n) is 10.00. The van der Waals surface area contributed by atoms with Crippen LogP contribution in [0.2, 0.25) is 0 Å². The fourth-order valence-electron chi connectivity index (χ4n) is 1.55. The van der Waals surface area contributed by atoms with Gasteiger partial charge in [-0.3, -0.25) is 0 Å². The number of halogens is 3. The largest absolute Gasteiger partial charge is 0.489 e. The monoisotopic (exact) mass is 327 g/mol. The van der Waals surface area contributed by atoms with Gasteiger partial charge in [0.15, 0.2) is 11.6 Å². The molecule has 2 aromatic rings. The van der Waals surface area contributed by atoms with Crippen molar-refractivity contribution in [2.45, 2.75) is 0 Å². The average molecular weight is 328 g/mol. The Hall–Kier alpha value is -1.62. The lowest BCUT2D eigenvalue weighted by Gasteiger charge is -2.09. The third-order valence-electron chi connectivity index (χ3n) is 2.41. The molecule has 5 heteroatoms. The number of benzene rings is 2. The van der Waals surface area contributed by atoms with Gasteiger partial charge in [0.1, 0.15) is 12.4 Å². The Bertz CT molecular complexity index is 563. The molecule has 0 amide bonds. The van der Waals surface area contributed by atoms with Crippen molar-refractivity contribution < 1.29 is 13.5 Å². The Balaban J connectivity index is 1.81. The van der Waals surface area contributed by atoms with Gasteiger partial charge in [0.05, 0.1) is 0 Å². The van der Waals surface area contributed by atoms with E-state index in [1.165, 1.54) is 12.1 Å². The second kappa shape index (κ2) is 6.52. The van der Waals surface area contributed by atoms with Crippen LogP contribution in [-0.2, 0) is 0 Å². The van der Waals surface area contributed by atoms with E-state index in [4.69, 9.17) is 4.74 Å². The molecule has 1 N–H and O–H groups in total. The molecule has 19 heavy (non-hydrogen) atoms. The van der Waals surface area contributed by atoms with E-state index in [9.17, 15) is 8.78 Å². The minimum absolute atomic E-state index is 0.0532. The summed E-state index contributed by atoms with van der Waals surface area (Å²) in [4.78, 5) is 0. The van der Waals surface area contributed by atoms with E-state index in [2.05, 4.69) is 21.2 Å². The molecule has 100 valence electrons. The van der Waals surface area contributed by atoms with E-state index in [1.807, 2.05) is 24.3 Å². The molecular formula is C14H12BrF2NO. The van der Waals surface area contributed by atoms with Crippen molar-refractivity contribution in [3.63, 3.8) is 0 Å². The second-order valence-electron chi connectivity index (χ2n) is 3.86. The first-order valence-electron chi connectivity index (χ1n) is 5.72. The molecule has 0 atom stereocenters. The van der Waals surface area contributed by atoms with Crippen LogP contribution in [-0.4, -0.2) is 13.2 Å². The minimum atomic E-state index is -0.692. The van der Waals surface area contributed by atoms with E-state index in [0.29, 0.717) is 6.54 Å². The lowest BCUT2D eigenvalue weighted by molar-refractivity contribution is 0.314. The zero-order valence-corrected chi connectivity index (χ0v) is 11.6. The number of hydrogen-bond donors (Lipinski definition) is 1. The summed E-state index contributed by atoms with van der Waals surface area (Å²) in [7, 11) is 0. The zero-order chi connectivity index (χ0) is 13.7. The van der Waals surface area contributed by atoms with Gasteiger partial charge in [-0.2, -0.15) is 0 Å². The molecule has 0 aromatic heterocycles. The van der Waals surface area contributed by atoms with E-state index < -0.39 is 11.6 Å². The van der Waals surface area contributed by atoms with Gasteiger partial charge in [0, 0.05) is 22.8 Å². The van der Waals surface area contributed by atoms with Crippen LogP contribution in [0, 0.1) is 11.6 Å². The SMILES string of the molecule is Fc1ccc(OCCNc2cccc(Br)c2)c(F)c1. The highest BCUT2D eigenvalue weighted by Crippen LogP contribution is 2.18. The minimum Gasteiger partial charge on any atom is -0.489 e. The Morgan fingerprint density at radius 1 is 1.11 bits per heavy atom. The normalized spacial score (nSPS) is 10.3. The van der Waals surface area contributed by atoms with Crippen LogP contribution in [0.4, 0.5) is 14.5 Å². The molecule has 0 aliphatic rings. The van der Waals surface area contributed by atoms with Crippen molar-refractivity contribution >= 4 is 21.6 Å². The highest BCUT2D eigenvalue weighted by molar-refractivity contribution is 9.10. The van der Waals surface area contributed by atoms with E-state index in [-0.39, 0.29) is 12.4 Å². The fraction of sp³-hybridized carbons (Fsp3) is 0.143. The summed E-state index contributed by atoms with van der Waals surface area (Å²) in [6.07, 6.45) is 0. The molecule has 0 spiro atoms. The molecule has 0 radical (unpaired) electrons. The maximum absolute atomic E-state index is 13.3. The molecule has 0 fully saturated rings. The maximum Gasteiger partial charge on any atom is 0.167 e. The van der Waals surface area contributed by atoms with Gasteiger partial charge in [0.25, 0.3) is 0 Å². The summed E-state index contributed by atoms with van der Waals surface area (Å²) < 4.78 is 32.1. The third-order valence-corrected chi connectivity index (χ3v) is 2.90. The first kappa shape index (κ1) is 13.8. The highest BCUT2D eigenvalue weighted by atomic mass is 79.9. The molecular weight excluding hydrogens is 316 g/mol. The molecule has 0 unspecified atom stereocenters. The van der Waals surface area contributed by atoms with Crippen molar-refractivity contribution in [3.05, 3.63) is 58.6 Å². The van der Waals surface area contributed by atoms with Gasteiger partial charge in [0.2, 0.25) is 0 Å². The van der Waals surface area contributed by atoms with Crippen LogP contribution in [0.5, 0.6) is 5.75 Å². The summed E-state index contributed by atoms with van der Waals surface area (Å²) in [6.45, 7) is 0.808. The second-order valence-corrected chi connectivity index (χ2v) is 4.78. The first-order valence-corrected chi connectivity index (χ1v) is 6.52. The van der Waals surface area contributed by atoms with Gasteiger partial charge in [-0.25, -0.2) is 8.78 Å². The smallest absolute Gasteiger partial charge is 0.167 e. The van der Waals surface area contributed by atoms with Crippen LogP contribution in [0.1, 0.15) is 0 Å². The van der Waals surface area contributed by atoms with Crippen LogP contribution >= 0.6 is 15.9 Å². The average Bonchev–Trinajstić information content (AvgIpc) is 2.37. The molecule has 2 aromatic carbocycles. The Labute approximate surface area is 118 Å². The molecule has 0 saturated carbocycles. The third kappa shape index (κ3) is 4.21.